The highest BCUT2D eigenvalue weighted by atomic mass is 16.5. The highest BCUT2D eigenvalue weighted by Crippen LogP contribution is 2.41. The number of aliphatic imine (C=N–C) groups is 1. The summed E-state index contributed by atoms with van der Waals surface area (Å²) in [5, 5.41) is 1.53. The third kappa shape index (κ3) is 2.25. The van der Waals surface area contributed by atoms with Gasteiger partial charge in [0.25, 0.3) is 0 Å². The SMILES string of the molecule is CC1(CC2(N)N=CC=C3C=CN(N)C=C32)CCOC1. The molecule has 2 atom stereocenters. The topological polar surface area (TPSA) is 76.9 Å². The molecule has 3 aliphatic heterocycles. The first kappa shape index (κ1) is 12.6. The fourth-order valence-corrected chi connectivity index (χ4v) is 2.99. The van der Waals surface area contributed by atoms with Gasteiger partial charge in [0.15, 0.2) is 0 Å². The fraction of sp³-hybridized carbons (Fsp3) is 0.500. The molecule has 3 aliphatic rings. The summed E-state index contributed by atoms with van der Waals surface area (Å²) in [4.78, 5) is 4.53. The molecule has 0 bridgehead atoms. The second-order valence-electron chi connectivity index (χ2n) is 5.92. The minimum absolute atomic E-state index is 0.0793. The van der Waals surface area contributed by atoms with Gasteiger partial charge in [-0.1, -0.05) is 6.92 Å². The average Bonchev–Trinajstić information content (AvgIpc) is 2.76. The standard InChI is InChI=1S/C14H20N4O/c1-13(4-7-19-10-13)9-14(15)12-8-18(16)6-3-11(12)2-5-17-14/h2-3,5-6,8H,4,7,9-10,15-16H2,1H3. The van der Waals surface area contributed by atoms with Crippen molar-refractivity contribution >= 4 is 6.21 Å². The molecule has 3 rings (SSSR count). The van der Waals surface area contributed by atoms with Crippen LogP contribution in [0.4, 0.5) is 0 Å². The molecule has 1 fully saturated rings. The highest BCUT2D eigenvalue weighted by molar-refractivity contribution is 5.79. The molecule has 0 amide bonds. The zero-order valence-corrected chi connectivity index (χ0v) is 11.2. The Morgan fingerprint density at radius 3 is 3.11 bits per heavy atom. The third-order valence-electron chi connectivity index (χ3n) is 4.04. The Morgan fingerprint density at radius 1 is 1.53 bits per heavy atom. The van der Waals surface area contributed by atoms with Gasteiger partial charge in [-0.15, -0.1) is 0 Å². The van der Waals surface area contributed by atoms with Crippen LogP contribution in [0.1, 0.15) is 19.8 Å². The number of hydrogen-bond acceptors (Lipinski definition) is 5. The summed E-state index contributed by atoms with van der Waals surface area (Å²) < 4.78 is 5.51. The van der Waals surface area contributed by atoms with E-state index in [0.717, 1.165) is 37.2 Å². The van der Waals surface area contributed by atoms with Crippen LogP contribution in [0.5, 0.6) is 0 Å². The number of dihydropyridines is 1. The maximum absolute atomic E-state index is 6.56. The van der Waals surface area contributed by atoms with E-state index in [4.69, 9.17) is 16.3 Å². The fourth-order valence-electron chi connectivity index (χ4n) is 2.99. The molecule has 4 N–H and O–H groups in total. The van der Waals surface area contributed by atoms with Crippen molar-refractivity contribution in [3.05, 3.63) is 35.7 Å². The van der Waals surface area contributed by atoms with Crippen LogP contribution in [0.15, 0.2) is 40.7 Å². The van der Waals surface area contributed by atoms with Gasteiger partial charge in [-0.2, -0.15) is 0 Å². The summed E-state index contributed by atoms with van der Waals surface area (Å²) in [5.74, 6) is 5.81. The smallest absolute Gasteiger partial charge is 0.136 e. The second-order valence-corrected chi connectivity index (χ2v) is 5.92. The molecule has 102 valence electrons. The molecule has 0 aromatic heterocycles. The number of nitrogens with zero attached hydrogens (tertiary/aromatic N) is 2. The average molecular weight is 260 g/mol. The van der Waals surface area contributed by atoms with E-state index < -0.39 is 5.66 Å². The van der Waals surface area contributed by atoms with Gasteiger partial charge in [0.05, 0.1) is 6.61 Å². The van der Waals surface area contributed by atoms with E-state index in [9.17, 15) is 0 Å². The van der Waals surface area contributed by atoms with Crippen molar-refractivity contribution in [1.82, 2.24) is 5.01 Å². The van der Waals surface area contributed by atoms with Crippen LogP contribution in [0.2, 0.25) is 0 Å². The number of nitrogens with two attached hydrogens (primary N) is 2. The van der Waals surface area contributed by atoms with Crippen molar-refractivity contribution < 1.29 is 4.74 Å². The first-order chi connectivity index (χ1) is 9.01. The molecular weight excluding hydrogens is 240 g/mol. The molecule has 5 heteroatoms. The van der Waals surface area contributed by atoms with Crippen molar-refractivity contribution in [2.45, 2.75) is 25.4 Å². The van der Waals surface area contributed by atoms with E-state index in [0.29, 0.717) is 0 Å². The molecule has 0 spiro atoms. The summed E-state index contributed by atoms with van der Waals surface area (Å²) >= 11 is 0. The highest BCUT2D eigenvalue weighted by Gasteiger charge is 2.42. The van der Waals surface area contributed by atoms with Crippen molar-refractivity contribution in [3.8, 4) is 0 Å². The van der Waals surface area contributed by atoms with Gasteiger partial charge in [-0.3, -0.25) is 10.0 Å². The summed E-state index contributed by atoms with van der Waals surface area (Å²) in [6.07, 6.45) is 11.2. The maximum atomic E-state index is 6.56. The van der Waals surface area contributed by atoms with E-state index in [1.165, 1.54) is 5.01 Å². The van der Waals surface area contributed by atoms with Gasteiger partial charge in [0.1, 0.15) is 5.66 Å². The largest absolute Gasteiger partial charge is 0.381 e. The predicted molar refractivity (Wildman–Crippen MR) is 74.9 cm³/mol. The lowest BCUT2D eigenvalue weighted by atomic mass is 9.75. The zero-order valence-electron chi connectivity index (χ0n) is 11.2. The molecule has 0 aromatic carbocycles. The summed E-state index contributed by atoms with van der Waals surface area (Å²) in [6.45, 7) is 3.76. The molecule has 19 heavy (non-hydrogen) atoms. The number of fused-ring (bicyclic) bond motifs is 1. The first-order valence-electron chi connectivity index (χ1n) is 6.57. The van der Waals surface area contributed by atoms with Gasteiger partial charge in [-0.05, 0) is 36.0 Å². The van der Waals surface area contributed by atoms with E-state index >= 15 is 0 Å². The second kappa shape index (κ2) is 4.30. The quantitative estimate of drug-likeness (QED) is 0.728. The van der Waals surface area contributed by atoms with Crippen LogP contribution in [0, 0.1) is 5.41 Å². The number of ether oxygens (including phenoxy) is 1. The first-order valence-corrected chi connectivity index (χ1v) is 6.57. The Morgan fingerprint density at radius 2 is 2.37 bits per heavy atom. The van der Waals surface area contributed by atoms with Crippen LogP contribution >= 0.6 is 0 Å². The lowest BCUT2D eigenvalue weighted by Gasteiger charge is -2.38. The lowest BCUT2D eigenvalue weighted by molar-refractivity contribution is 0.143. The molecule has 1 saturated heterocycles. The van der Waals surface area contributed by atoms with E-state index in [-0.39, 0.29) is 5.41 Å². The van der Waals surface area contributed by atoms with E-state index in [2.05, 4.69) is 11.9 Å². The van der Waals surface area contributed by atoms with Crippen LogP contribution < -0.4 is 11.6 Å². The lowest BCUT2D eigenvalue weighted by Crippen LogP contribution is -2.47. The molecule has 3 heterocycles. The van der Waals surface area contributed by atoms with Gasteiger partial charge >= 0.3 is 0 Å². The number of hydrogen-bond donors (Lipinski definition) is 2. The van der Waals surface area contributed by atoms with Gasteiger partial charge < -0.3 is 10.5 Å². The minimum Gasteiger partial charge on any atom is -0.381 e. The Hall–Kier alpha value is -1.43. The monoisotopic (exact) mass is 260 g/mol. The van der Waals surface area contributed by atoms with Crippen LogP contribution in [-0.4, -0.2) is 30.1 Å². The van der Waals surface area contributed by atoms with Crippen LogP contribution in [-0.2, 0) is 4.74 Å². The normalized spacial score (nSPS) is 37.1. The molecular formula is C14H20N4O. The summed E-state index contributed by atoms with van der Waals surface area (Å²) in [5.41, 5.74) is 7.99. The van der Waals surface area contributed by atoms with Gasteiger partial charge in [0, 0.05) is 30.8 Å². The van der Waals surface area contributed by atoms with Crippen molar-refractivity contribution in [2.24, 2.45) is 22.0 Å². The van der Waals surface area contributed by atoms with E-state index in [1.807, 2.05) is 24.6 Å². The predicted octanol–water partition coefficient (Wildman–Crippen LogP) is 1.06. The molecule has 0 saturated carbocycles. The number of rotatable bonds is 2. The Kier molecular flexibility index (Phi) is 2.85. The van der Waals surface area contributed by atoms with Crippen molar-refractivity contribution in [2.75, 3.05) is 13.2 Å². The molecule has 2 unspecified atom stereocenters. The van der Waals surface area contributed by atoms with E-state index in [1.54, 1.807) is 6.21 Å². The van der Waals surface area contributed by atoms with Crippen LogP contribution in [0.25, 0.3) is 0 Å². The Bertz CT molecular complexity index is 500. The molecule has 0 aliphatic carbocycles. The summed E-state index contributed by atoms with van der Waals surface area (Å²) in [7, 11) is 0. The van der Waals surface area contributed by atoms with Gasteiger partial charge in [-0.25, -0.2) is 5.84 Å². The molecule has 5 nitrogen and oxygen atoms in total. The maximum Gasteiger partial charge on any atom is 0.136 e. The zero-order chi connectivity index (χ0) is 13.5. The molecule has 0 radical (unpaired) electrons. The molecule has 0 aromatic rings. The number of allylic oxidation sites excluding steroid dienone is 2. The van der Waals surface area contributed by atoms with Gasteiger partial charge in [0.2, 0.25) is 0 Å². The Balaban J connectivity index is 1.91. The minimum atomic E-state index is -0.713. The third-order valence-corrected chi connectivity index (χ3v) is 4.04. The number of hydrazine groups is 1. The summed E-state index contributed by atoms with van der Waals surface area (Å²) in [6, 6.07) is 0. The van der Waals surface area contributed by atoms with Crippen LogP contribution in [0.3, 0.4) is 0 Å². The van der Waals surface area contributed by atoms with Crippen molar-refractivity contribution in [1.29, 1.82) is 0 Å². The Labute approximate surface area is 113 Å². The van der Waals surface area contributed by atoms with Crippen molar-refractivity contribution in [3.63, 3.8) is 0 Å².